The number of nitrogens with zero attached hydrogens (tertiary/aromatic N) is 1. The van der Waals surface area contributed by atoms with E-state index in [2.05, 4.69) is 4.57 Å². The van der Waals surface area contributed by atoms with Gasteiger partial charge in [-0.1, -0.05) is 0 Å². The van der Waals surface area contributed by atoms with Crippen molar-refractivity contribution in [3.8, 4) is 11.5 Å². The third kappa shape index (κ3) is 2.22. The number of hydrogen-bond donors (Lipinski definition) is 1. The highest BCUT2D eigenvalue weighted by molar-refractivity contribution is 5.87. The molecule has 1 aromatic heterocycles. The summed E-state index contributed by atoms with van der Waals surface area (Å²) < 4.78 is 12.7. The summed E-state index contributed by atoms with van der Waals surface area (Å²) in [4.78, 5) is 0. The van der Waals surface area contributed by atoms with Gasteiger partial charge in [0, 0.05) is 30.8 Å². The zero-order chi connectivity index (χ0) is 12.3. The second kappa shape index (κ2) is 5.10. The highest BCUT2D eigenvalue weighted by Crippen LogP contribution is 2.31. The van der Waals surface area contributed by atoms with E-state index in [1.807, 2.05) is 24.4 Å². The second-order valence-corrected chi connectivity index (χ2v) is 3.85. The molecule has 2 aromatic rings. The average molecular weight is 235 g/mol. The molecule has 4 heteroatoms. The summed E-state index contributed by atoms with van der Waals surface area (Å²) in [5.41, 5.74) is 1.04. The summed E-state index contributed by atoms with van der Waals surface area (Å²) in [6.07, 6.45) is 2.74. The fraction of sp³-hybridized carbons (Fsp3) is 0.385. The average Bonchev–Trinajstić information content (AvgIpc) is 2.78. The molecule has 0 bridgehead atoms. The van der Waals surface area contributed by atoms with Gasteiger partial charge in [-0.25, -0.2) is 0 Å². The van der Waals surface area contributed by atoms with Gasteiger partial charge >= 0.3 is 0 Å². The maximum atomic E-state index is 8.88. The molecule has 0 spiro atoms. The molecule has 1 heterocycles. The zero-order valence-corrected chi connectivity index (χ0v) is 10.1. The lowest BCUT2D eigenvalue weighted by molar-refractivity contribution is 0.280. The largest absolute Gasteiger partial charge is 0.497 e. The molecule has 2 rings (SSSR count). The van der Waals surface area contributed by atoms with Gasteiger partial charge < -0.3 is 19.1 Å². The van der Waals surface area contributed by atoms with E-state index >= 15 is 0 Å². The summed E-state index contributed by atoms with van der Waals surface area (Å²) in [6.45, 7) is 0.973. The Morgan fingerprint density at radius 3 is 2.71 bits per heavy atom. The van der Waals surface area contributed by atoms with E-state index in [4.69, 9.17) is 14.6 Å². The van der Waals surface area contributed by atoms with Crippen molar-refractivity contribution in [3.05, 3.63) is 24.4 Å². The van der Waals surface area contributed by atoms with Crippen LogP contribution < -0.4 is 9.47 Å². The number of fused-ring (bicyclic) bond motifs is 1. The molecule has 0 unspecified atom stereocenters. The lowest BCUT2D eigenvalue weighted by Crippen LogP contribution is -2.00. The monoisotopic (exact) mass is 235 g/mol. The van der Waals surface area contributed by atoms with E-state index in [-0.39, 0.29) is 6.61 Å². The molecule has 0 aliphatic carbocycles. The van der Waals surface area contributed by atoms with Crippen molar-refractivity contribution in [1.29, 1.82) is 0 Å². The van der Waals surface area contributed by atoms with E-state index < -0.39 is 0 Å². The lowest BCUT2D eigenvalue weighted by Gasteiger charge is -2.10. The van der Waals surface area contributed by atoms with E-state index in [9.17, 15) is 0 Å². The van der Waals surface area contributed by atoms with Crippen molar-refractivity contribution in [2.24, 2.45) is 0 Å². The highest BCUT2D eigenvalue weighted by Gasteiger charge is 2.09. The van der Waals surface area contributed by atoms with E-state index in [1.54, 1.807) is 14.2 Å². The predicted molar refractivity (Wildman–Crippen MR) is 66.7 cm³/mol. The Bertz CT molecular complexity index is 505. The first-order valence-electron chi connectivity index (χ1n) is 5.62. The SMILES string of the molecule is COc1cc(OC)c2c(ccn2CCCO)c1. The van der Waals surface area contributed by atoms with E-state index in [0.717, 1.165) is 35.4 Å². The van der Waals surface area contributed by atoms with Crippen LogP contribution in [-0.4, -0.2) is 30.5 Å². The molecule has 0 atom stereocenters. The third-order valence-electron chi connectivity index (χ3n) is 2.81. The molecular weight excluding hydrogens is 218 g/mol. The molecular formula is C13H17NO3. The molecule has 0 saturated carbocycles. The first kappa shape index (κ1) is 11.8. The van der Waals surface area contributed by atoms with Crippen LogP contribution in [0.5, 0.6) is 11.5 Å². The van der Waals surface area contributed by atoms with Crippen LogP contribution in [0.25, 0.3) is 10.9 Å². The summed E-state index contributed by atoms with van der Waals surface area (Å²) in [5, 5.41) is 9.96. The molecule has 0 aliphatic rings. The fourth-order valence-corrected chi connectivity index (χ4v) is 1.98. The van der Waals surface area contributed by atoms with Crippen LogP contribution in [0.3, 0.4) is 0 Å². The van der Waals surface area contributed by atoms with Crippen LogP contribution in [0.15, 0.2) is 24.4 Å². The van der Waals surface area contributed by atoms with Gasteiger partial charge in [-0.3, -0.25) is 0 Å². The van der Waals surface area contributed by atoms with Crippen LogP contribution in [0.4, 0.5) is 0 Å². The molecule has 1 aromatic carbocycles. The standard InChI is InChI=1S/C13H17NO3/c1-16-11-8-10-4-6-14(5-3-7-15)13(10)12(9-11)17-2/h4,6,8-9,15H,3,5,7H2,1-2H3. The third-order valence-corrected chi connectivity index (χ3v) is 2.81. The summed E-state index contributed by atoms with van der Waals surface area (Å²) >= 11 is 0. The number of methoxy groups -OCH3 is 2. The minimum atomic E-state index is 0.193. The summed E-state index contributed by atoms with van der Waals surface area (Å²) in [6, 6.07) is 5.88. The molecule has 0 amide bonds. The van der Waals surface area contributed by atoms with Gasteiger partial charge in [-0.15, -0.1) is 0 Å². The molecule has 92 valence electrons. The number of aryl methyl sites for hydroxylation is 1. The molecule has 4 nitrogen and oxygen atoms in total. The number of ether oxygens (including phenoxy) is 2. The molecule has 17 heavy (non-hydrogen) atoms. The molecule has 0 saturated heterocycles. The molecule has 1 N–H and O–H groups in total. The molecule has 0 fully saturated rings. The number of benzene rings is 1. The first-order valence-corrected chi connectivity index (χ1v) is 5.62. The van der Waals surface area contributed by atoms with Crippen molar-refractivity contribution in [1.82, 2.24) is 4.57 Å². The fourth-order valence-electron chi connectivity index (χ4n) is 1.98. The maximum Gasteiger partial charge on any atom is 0.146 e. The first-order chi connectivity index (χ1) is 8.30. The maximum absolute atomic E-state index is 8.88. The van der Waals surface area contributed by atoms with E-state index in [0.29, 0.717) is 0 Å². The second-order valence-electron chi connectivity index (χ2n) is 3.85. The van der Waals surface area contributed by atoms with Crippen molar-refractivity contribution in [2.45, 2.75) is 13.0 Å². The quantitative estimate of drug-likeness (QED) is 0.862. The van der Waals surface area contributed by atoms with Crippen LogP contribution in [0.1, 0.15) is 6.42 Å². The smallest absolute Gasteiger partial charge is 0.146 e. The number of hydrogen-bond acceptors (Lipinski definition) is 3. The van der Waals surface area contributed by atoms with Gasteiger partial charge in [0.25, 0.3) is 0 Å². The van der Waals surface area contributed by atoms with Gasteiger partial charge in [0.2, 0.25) is 0 Å². The lowest BCUT2D eigenvalue weighted by atomic mass is 10.2. The van der Waals surface area contributed by atoms with Crippen molar-refractivity contribution in [2.75, 3.05) is 20.8 Å². The predicted octanol–water partition coefficient (Wildman–Crippen LogP) is 2.04. The topological polar surface area (TPSA) is 43.6 Å². The highest BCUT2D eigenvalue weighted by atomic mass is 16.5. The number of aromatic nitrogens is 1. The Kier molecular flexibility index (Phi) is 3.54. The Hall–Kier alpha value is -1.68. The summed E-state index contributed by atoms with van der Waals surface area (Å²) in [7, 11) is 3.29. The van der Waals surface area contributed by atoms with E-state index in [1.165, 1.54) is 0 Å². The minimum absolute atomic E-state index is 0.193. The Labute approximate surface area is 100 Å². The van der Waals surface area contributed by atoms with Crippen molar-refractivity contribution >= 4 is 10.9 Å². The summed E-state index contributed by atoms with van der Waals surface area (Å²) in [5.74, 6) is 1.58. The Morgan fingerprint density at radius 1 is 1.24 bits per heavy atom. The van der Waals surface area contributed by atoms with Gasteiger partial charge in [0.15, 0.2) is 0 Å². The zero-order valence-electron chi connectivity index (χ0n) is 10.1. The normalized spacial score (nSPS) is 10.8. The molecule has 0 radical (unpaired) electrons. The van der Waals surface area contributed by atoms with Gasteiger partial charge in [0.05, 0.1) is 19.7 Å². The van der Waals surface area contributed by atoms with Crippen LogP contribution in [0.2, 0.25) is 0 Å². The Morgan fingerprint density at radius 2 is 2.06 bits per heavy atom. The van der Waals surface area contributed by atoms with Crippen molar-refractivity contribution < 1.29 is 14.6 Å². The Balaban J connectivity index is 2.50. The minimum Gasteiger partial charge on any atom is -0.497 e. The van der Waals surface area contributed by atoms with Gasteiger partial charge in [0.1, 0.15) is 11.5 Å². The van der Waals surface area contributed by atoms with Gasteiger partial charge in [-0.2, -0.15) is 0 Å². The van der Waals surface area contributed by atoms with Crippen LogP contribution >= 0.6 is 0 Å². The van der Waals surface area contributed by atoms with Crippen LogP contribution in [0, 0.1) is 0 Å². The number of rotatable bonds is 5. The molecule has 0 aliphatic heterocycles. The number of aliphatic hydroxyl groups is 1. The number of aliphatic hydroxyl groups excluding tert-OH is 1. The van der Waals surface area contributed by atoms with Crippen LogP contribution in [-0.2, 0) is 6.54 Å². The van der Waals surface area contributed by atoms with Crippen molar-refractivity contribution in [3.63, 3.8) is 0 Å². The van der Waals surface area contributed by atoms with Gasteiger partial charge in [-0.05, 0) is 18.6 Å².